The first-order valence-electron chi connectivity index (χ1n) is 6.33. The number of rotatable bonds is 3. The number of aromatic nitrogens is 2. The molecule has 1 atom stereocenters. The highest BCUT2D eigenvalue weighted by atomic mass is 19.1. The number of aromatic amines is 1. The van der Waals surface area contributed by atoms with Gasteiger partial charge in [0.1, 0.15) is 0 Å². The lowest BCUT2D eigenvalue weighted by molar-refractivity contribution is -0.385. The minimum Gasteiger partial charge on any atom is -0.368 e. The number of benzene rings is 1. The normalized spacial score (nSPS) is 18.4. The molecule has 7 heteroatoms. The standard InChI is InChI=1S/C13H13FN4O2/c14-11-7-10(18(19)20)1-2-13(11)17-6-4-9(8-17)12-3-5-15-16-12/h1-3,5,7,9H,4,6,8H2,(H,15,16). The van der Waals surface area contributed by atoms with E-state index in [-0.39, 0.29) is 11.6 Å². The molecule has 0 radical (unpaired) electrons. The van der Waals surface area contributed by atoms with Crippen molar-refractivity contribution in [2.75, 3.05) is 18.0 Å². The van der Waals surface area contributed by atoms with Crippen LogP contribution in [0.4, 0.5) is 15.8 Å². The quantitative estimate of drug-likeness (QED) is 0.690. The van der Waals surface area contributed by atoms with E-state index in [9.17, 15) is 14.5 Å². The second-order valence-corrected chi connectivity index (χ2v) is 4.84. The molecule has 0 bridgehead atoms. The van der Waals surface area contributed by atoms with Gasteiger partial charge < -0.3 is 4.90 Å². The lowest BCUT2D eigenvalue weighted by atomic mass is 10.1. The van der Waals surface area contributed by atoms with Gasteiger partial charge in [-0.05, 0) is 18.6 Å². The Hall–Kier alpha value is -2.44. The molecule has 1 aromatic carbocycles. The Kier molecular flexibility index (Phi) is 3.09. The van der Waals surface area contributed by atoms with E-state index in [4.69, 9.17) is 0 Å². The Bertz CT molecular complexity index is 629. The smallest absolute Gasteiger partial charge is 0.272 e. The maximum Gasteiger partial charge on any atom is 0.272 e. The fraction of sp³-hybridized carbons (Fsp3) is 0.308. The first-order chi connectivity index (χ1) is 9.65. The number of halogens is 1. The molecular formula is C13H13FN4O2. The van der Waals surface area contributed by atoms with Crippen LogP contribution in [0, 0.1) is 15.9 Å². The number of hydrogen-bond acceptors (Lipinski definition) is 4. The van der Waals surface area contributed by atoms with E-state index in [0.717, 1.165) is 24.7 Å². The van der Waals surface area contributed by atoms with E-state index < -0.39 is 10.7 Å². The van der Waals surface area contributed by atoms with Crippen molar-refractivity contribution in [3.63, 3.8) is 0 Å². The Morgan fingerprint density at radius 2 is 2.30 bits per heavy atom. The molecule has 2 heterocycles. The average molecular weight is 276 g/mol. The molecule has 0 saturated carbocycles. The summed E-state index contributed by atoms with van der Waals surface area (Å²) < 4.78 is 14.0. The zero-order valence-electron chi connectivity index (χ0n) is 10.6. The number of nitrogens with one attached hydrogen (secondary N) is 1. The molecule has 0 aliphatic carbocycles. The van der Waals surface area contributed by atoms with Crippen LogP contribution in [0.25, 0.3) is 0 Å². The van der Waals surface area contributed by atoms with E-state index in [1.54, 1.807) is 6.20 Å². The van der Waals surface area contributed by atoms with Crippen LogP contribution in [0.2, 0.25) is 0 Å². The van der Waals surface area contributed by atoms with E-state index in [1.807, 2.05) is 11.0 Å². The van der Waals surface area contributed by atoms with E-state index >= 15 is 0 Å². The molecule has 1 saturated heterocycles. The second kappa shape index (κ2) is 4.92. The van der Waals surface area contributed by atoms with Crippen molar-refractivity contribution in [2.24, 2.45) is 0 Å². The predicted octanol–water partition coefficient (Wildman–Crippen LogP) is 2.45. The van der Waals surface area contributed by atoms with Crippen LogP contribution in [0.3, 0.4) is 0 Å². The van der Waals surface area contributed by atoms with Crippen LogP contribution in [0.1, 0.15) is 18.0 Å². The minimum absolute atomic E-state index is 0.226. The largest absolute Gasteiger partial charge is 0.368 e. The van der Waals surface area contributed by atoms with Gasteiger partial charge in [0.05, 0.1) is 16.7 Å². The van der Waals surface area contributed by atoms with E-state index in [0.29, 0.717) is 12.2 Å². The lowest BCUT2D eigenvalue weighted by Gasteiger charge is -2.18. The van der Waals surface area contributed by atoms with Gasteiger partial charge in [0.25, 0.3) is 5.69 Å². The summed E-state index contributed by atoms with van der Waals surface area (Å²) in [7, 11) is 0. The molecule has 1 aliphatic rings. The Balaban J connectivity index is 1.79. The van der Waals surface area contributed by atoms with E-state index in [2.05, 4.69) is 10.2 Å². The summed E-state index contributed by atoms with van der Waals surface area (Å²) in [6, 6.07) is 5.70. The molecular weight excluding hydrogens is 263 g/mol. The van der Waals surface area contributed by atoms with Crippen LogP contribution in [-0.4, -0.2) is 28.2 Å². The number of nitro benzene ring substituents is 1. The molecule has 1 unspecified atom stereocenters. The zero-order valence-corrected chi connectivity index (χ0v) is 10.6. The molecule has 104 valence electrons. The van der Waals surface area contributed by atoms with Crippen molar-refractivity contribution in [1.82, 2.24) is 10.2 Å². The van der Waals surface area contributed by atoms with E-state index in [1.165, 1.54) is 12.1 Å². The van der Waals surface area contributed by atoms with Gasteiger partial charge in [-0.2, -0.15) is 5.10 Å². The highest BCUT2D eigenvalue weighted by Crippen LogP contribution is 2.32. The minimum atomic E-state index is -0.593. The summed E-state index contributed by atoms with van der Waals surface area (Å²) in [6.07, 6.45) is 2.60. The van der Waals surface area contributed by atoms with Crippen molar-refractivity contribution >= 4 is 11.4 Å². The summed E-state index contributed by atoms with van der Waals surface area (Å²) in [5.41, 5.74) is 1.23. The molecule has 6 nitrogen and oxygen atoms in total. The van der Waals surface area contributed by atoms with Gasteiger partial charge in [-0.1, -0.05) is 0 Å². The number of anilines is 1. The summed E-state index contributed by atoms with van der Waals surface area (Å²) in [5.74, 6) is -0.267. The summed E-state index contributed by atoms with van der Waals surface area (Å²) >= 11 is 0. The van der Waals surface area contributed by atoms with Crippen molar-refractivity contribution < 1.29 is 9.31 Å². The zero-order chi connectivity index (χ0) is 14.1. The third-order valence-corrected chi connectivity index (χ3v) is 3.63. The van der Waals surface area contributed by atoms with Crippen molar-refractivity contribution in [2.45, 2.75) is 12.3 Å². The Labute approximate surface area is 114 Å². The van der Waals surface area contributed by atoms with Crippen LogP contribution in [-0.2, 0) is 0 Å². The van der Waals surface area contributed by atoms with Crippen LogP contribution >= 0.6 is 0 Å². The fourth-order valence-electron chi connectivity index (χ4n) is 2.59. The number of non-ortho nitro benzene ring substituents is 1. The van der Waals surface area contributed by atoms with Crippen molar-refractivity contribution in [3.8, 4) is 0 Å². The summed E-state index contributed by atoms with van der Waals surface area (Å²) in [6.45, 7) is 1.40. The molecule has 1 fully saturated rings. The number of hydrogen-bond donors (Lipinski definition) is 1. The maximum atomic E-state index is 14.0. The highest BCUT2D eigenvalue weighted by Gasteiger charge is 2.27. The maximum absolute atomic E-state index is 14.0. The highest BCUT2D eigenvalue weighted by molar-refractivity contribution is 5.53. The van der Waals surface area contributed by atoms with Gasteiger partial charge in [-0.3, -0.25) is 15.2 Å². The molecule has 3 rings (SSSR count). The van der Waals surface area contributed by atoms with Crippen LogP contribution in [0.15, 0.2) is 30.5 Å². The van der Waals surface area contributed by atoms with Gasteiger partial charge >= 0.3 is 0 Å². The Morgan fingerprint density at radius 1 is 1.45 bits per heavy atom. The average Bonchev–Trinajstić information content (AvgIpc) is 3.09. The SMILES string of the molecule is O=[N+]([O-])c1ccc(N2CCC(c3ccn[nH]3)C2)c(F)c1. The number of nitrogens with zero attached hydrogens (tertiary/aromatic N) is 3. The Morgan fingerprint density at radius 3 is 2.95 bits per heavy atom. The number of nitro groups is 1. The first-order valence-corrected chi connectivity index (χ1v) is 6.33. The van der Waals surface area contributed by atoms with Gasteiger partial charge in [-0.15, -0.1) is 0 Å². The van der Waals surface area contributed by atoms with Crippen LogP contribution < -0.4 is 4.90 Å². The summed E-state index contributed by atoms with van der Waals surface area (Å²) in [5, 5.41) is 17.5. The lowest BCUT2D eigenvalue weighted by Crippen LogP contribution is -2.20. The number of H-pyrrole nitrogens is 1. The van der Waals surface area contributed by atoms with Crippen LogP contribution in [0.5, 0.6) is 0 Å². The molecule has 1 N–H and O–H groups in total. The molecule has 20 heavy (non-hydrogen) atoms. The molecule has 0 spiro atoms. The molecule has 0 amide bonds. The van der Waals surface area contributed by atoms with Gasteiger partial charge in [0.2, 0.25) is 0 Å². The second-order valence-electron chi connectivity index (χ2n) is 4.84. The van der Waals surface area contributed by atoms with Gasteiger partial charge in [-0.25, -0.2) is 4.39 Å². The third kappa shape index (κ3) is 2.22. The predicted molar refractivity (Wildman–Crippen MR) is 71.2 cm³/mol. The van der Waals surface area contributed by atoms with Crippen molar-refractivity contribution in [1.29, 1.82) is 0 Å². The topological polar surface area (TPSA) is 75.1 Å². The third-order valence-electron chi connectivity index (χ3n) is 3.63. The van der Waals surface area contributed by atoms with Crippen molar-refractivity contribution in [3.05, 3.63) is 52.1 Å². The molecule has 1 aromatic heterocycles. The summed E-state index contributed by atoms with van der Waals surface area (Å²) in [4.78, 5) is 11.9. The fourth-order valence-corrected chi connectivity index (χ4v) is 2.59. The molecule has 1 aliphatic heterocycles. The van der Waals surface area contributed by atoms with Gasteiger partial charge in [0.15, 0.2) is 5.82 Å². The molecule has 2 aromatic rings. The first kappa shape index (κ1) is 12.6. The van der Waals surface area contributed by atoms with Gasteiger partial charge in [0, 0.05) is 37.0 Å². The monoisotopic (exact) mass is 276 g/mol.